The standard InChI is InChI=1S/C8H12FN3/c1-2-3-4-7-6(9)5-11-8(10)12-7/h5H,2-4H2,1H3,(H2,10,11,12). The molecule has 4 heteroatoms. The molecule has 0 fully saturated rings. The van der Waals surface area contributed by atoms with Crippen LogP contribution in [0.15, 0.2) is 6.20 Å². The number of aryl methyl sites for hydroxylation is 1. The number of aromatic nitrogens is 2. The molecule has 0 unspecified atom stereocenters. The number of hydrogen-bond donors (Lipinski definition) is 1. The van der Waals surface area contributed by atoms with Gasteiger partial charge in [0, 0.05) is 0 Å². The van der Waals surface area contributed by atoms with Crippen molar-refractivity contribution in [3.05, 3.63) is 17.7 Å². The first-order valence-electron chi connectivity index (χ1n) is 4.01. The minimum Gasteiger partial charge on any atom is -0.368 e. The molecule has 0 atom stereocenters. The fraction of sp³-hybridized carbons (Fsp3) is 0.500. The molecule has 1 aromatic rings. The summed E-state index contributed by atoms with van der Waals surface area (Å²) in [6, 6.07) is 0. The number of unbranched alkanes of at least 4 members (excludes halogenated alkanes) is 1. The highest BCUT2D eigenvalue weighted by Crippen LogP contribution is 2.07. The van der Waals surface area contributed by atoms with Crippen LogP contribution in [0.2, 0.25) is 0 Å². The van der Waals surface area contributed by atoms with Gasteiger partial charge in [0.15, 0.2) is 5.82 Å². The van der Waals surface area contributed by atoms with Crippen LogP contribution in [0.1, 0.15) is 25.5 Å². The van der Waals surface area contributed by atoms with E-state index in [2.05, 4.69) is 9.97 Å². The molecule has 0 spiro atoms. The highest BCUT2D eigenvalue weighted by molar-refractivity contribution is 5.18. The molecule has 0 aliphatic heterocycles. The van der Waals surface area contributed by atoms with Gasteiger partial charge in [0.05, 0.1) is 11.9 Å². The number of halogens is 1. The molecule has 12 heavy (non-hydrogen) atoms. The molecule has 1 heterocycles. The summed E-state index contributed by atoms with van der Waals surface area (Å²) in [6.45, 7) is 2.04. The zero-order valence-electron chi connectivity index (χ0n) is 7.05. The first-order chi connectivity index (χ1) is 5.74. The van der Waals surface area contributed by atoms with E-state index >= 15 is 0 Å². The lowest BCUT2D eigenvalue weighted by atomic mass is 10.2. The van der Waals surface area contributed by atoms with Gasteiger partial charge in [0.2, 0.25) is 5.95 Å². The second kappa shape index (κ2) is 3.99. The largest absolute Gasteiger partial charge is 0.368 e. The second-order valence-electron chi connectivity index (χ2n) is 2.63. The number of nitrogens with two attached hydrogens (primary N) is 1. The maximum atomic E-state index is 12.9. The summed E-state index contributed by atoms with van der Waals surface area (Å²) in [4.78, 5) is 7.34. The van der Waals surface area contributed by atoms with Crippen molar-refractivity contribution in [2.24, 2.45) is 0 Å². The van der Waals surface area contributed by atoms with Crippen LogP contribution in [0, 0.1) is 5.82 Å². The maximum Gasteiger partial charge on any atom is 0.220 e. The Morgan fingerprint density at radius 1 is 1.58 bits per heavy atom. The highest BCUT2D eigenvalue weighted by atomic mass is 19.1. The maximum absolute atomic E-state index is 12.9. The number of nitrogens with zero attached hydrogens (tertiary/aromatic N) is 2. The van der Waals surface area contributed by atoms with Crippen LogP contribution in [0.4, 0.5) is 10.3 Å². The first-order valence-corrected chi connectivity index (χ1v) is 4.01. The van der Waals surface area contributed by atoms with Gasteiger partial charge in [-0.2, -0.15) is 0 Å². The van der Waals surface area contributed by atoms with E-state index in [-0.39, 0.29) is 11.8 Å². The SMILES string of the molecule is CCCCc1nc(N)ncc1F. The Kier molecular flexibility index (Phi) is 2.96. The van der Waals surface area contributed by atoms with E-state index < -0.39 is 0 Å². The summed E-state index contributed by atoms with van der Waals surface area (Å²) in [7, 11) is 0. The van der Waals surface area contributed by atoms with Crippen molar-refractivity contribution in [2.45, 2.75) is 26.2 Å². The third-order valence-corrected chi connectivity index (χ3v) is 1.60. The zero-order chi connectivity index (χ0) is 8.97. The van der Waals surface area contributed by atoms with Crippen molar-refractivity contribution in [1.82, 2.24) is 9.97 Å². The number of anilines is 1. The smallest absolute Gasteiger partial charge is 0.220 e. The topological polar surface area (TPSA) is 51.8 Å². The summed E-state index contributed by atoms with van der Waals surface area (Å²) >= 11 is 0. The van der Waals surface area contributed by atoms with Gasteiger partial charge in [-0.1, -0.05) is 13.3 Å². The fourth-order valence-corrected chi connectivity index (χ4v) is 0.937. The van der Waals surface area contributed by atoms with Gasteiger partial charge in [-0.3, -0.25) is 0 Å². The summed E-state index contributed by atoms with van der Waals surface area (Å²) in [6.07, 6.45) is 3.69. The van der Waals surface area contributed by atoms with E-state index in [1.54, 1.807) is 0 Å². The van der Waals surface area contributed by atoms with Gasteiger partial charge >= 0.3 is 0 Å². The Labute approximate surface area is 70.8 Å². The molecule has 0 amide bonds. The Hall–Kier alpha value is -1.19. The van der Waals surface area contributed by atoms with E-state index in [0.717, 1.165) is 19.0 Å². The second-order valence-corrected chi connectivity index (χ2v) is 2.63. The number of hydrogen-bond acceptors (Lipinski definition) is 3. The fourth-order valence-electron chi connectivity index (χ4n) is 0.937. The van der Waals surface area contributed by atoms with E-state index in [9.17, 15) is 4.39 Å². The van der Waals surface area contributed by atoms with Crippen LogP contribution in [0.25, 0.3) is 0 Å². The minimum absolute atomic E-state index is 0.141. The molecular weight excluding hydrogens is 157 g/mol. The van der Waals surface area contributed by atoms with Crippen LogP contribution in [0.5, 0.6) is 0 Å². The van der Waals surface area contributed by atoms with Crippen molar-refractivity contribution in [3.63, 3.8) is 0 Å². The van der Waals surface area contributed by atoms with Crippen LogP contribution >= 0.6 is 0 Å². The molecule has 3 nitrogen and oxygen atoms in total. The summed E-state index contributed by atoms with van der Waals surface area (Å²) < 4.78 is 12.9. The molecule has 0 saturated heterocycles. The van der Waals surface area contributed by atoms with E-state index in [1.165, 1.54) is 0 Å². The zero-order valence-corrected chi connectivity index (χ0v) is 7.05. The van der Waals surface area contributed by atoms with Crippen molar-refractivity contribution in [1.29, 1.82) is 0 Å². The molecule has 66 valence electrons. The summed E-state index contributed by atoms with van der Waals surface area (Å²) in [5.41, 5.74) is 5.73. The third kappa shape index (κ3) is 2.15. The van der Waals surface area contributed by atoms with Crippen molar-refractivity contribution in [2.75, 3.05) is 5.73 Å². The van der Waals surface area contributed by atoms with E-state index in [0.29, 0.717) is 12.1 Å². The van der Waals surface area contributed by atoms with Gasteiger partial charge in [-0.05, 0) is 12.8 Å². The van der Waals surface area contributed by atoms with Crippen molar-refractivity contribution < 1.29 is 4.39 Å². The normalized spacial score (nSPS) is 10.2. The van der Waals surface area contributed by atoms with Crippen molar-refractivity contribution >= 4 is 5.95 Å². The molecule has 0 bridgehead atoms. The average molecular weight is 169 g/mol. The van der Waals surface area contributed by atoms with Crippen LogP contribution in [-0.2, 0) is 6.42 Å². The molecule has 0 aliphatic rings. The molecule has 1 aromatic heterocycles. The predicted octanol–water partition coefficient (Wildman–Crippen LogP) is 1.54. The van der Waals surface area contributed by atoms with Gasteiger partial charge in [-0.25, -0.2) is 14.4 Å². The predicted molar refractivity (Wildman–Crippen MR) is 45.0 cm³/mol. The minimum atomic E-state index is -0.363. The lowest BCUT2D eigenvalue weighted by Crippen LogP contribution is -2.02. The molecule has 2 N–H and O–H groups in total. The lowest BCUT2D eigenvalue weighted by molar-refractivity contribution is 0.584. The van der Waals surface area contributed by atoms with Gasteiger partial charge in [0.25, 0.3) is 0 Å². The third-order valence-electron chi connectivity index (χ3n) is 1.60. The molecule has 1 rings (SSSR count). The van der Waals surface area contributed by atoms with Gasteiger partial charge < -0.3 is 5.73 Å². The molecule has 0 aromatic carbocycles. The van der Waals surface area contributed by atoms with Gasteiger partial charge in [-0.15, -0.1) is 0 Å². The summed E-state index contributed by atoms with van der Waals surface area (Å²) in [5, 5.41) is 0. The quantitative estimate of drug-likeness (QED) is 0.746. The Morgan fingerprint density at radius 3 is 3.00 bits per heavy atom. The average Bonchev–Trinajstić information content (AvgIpc) is 2.07. The highest BCUT2D eigenvalue weighted by Gasteiger charge is 2.03. The molecule has 0 aliphatic carbocycles. The Morgan fingerprint density at radius 2 is 2.33 bits per heavy atom. The summed E-state index contributed by atoms with van der Waals surface area (Å²) in [5.74, 6) is -0.222. The lowest BCUT2D eigenvalue weighted by Gasteiger charge is -2.00. The van der Waals surface area contributed by atoms with Crippen LogP contribution in [-0.4, -0.2) is 9.97 Å². The molecular formula is C8H12FN3. The van der Waals surface area contributed by atoms with E-state index in [1.807, 2.05) is 6.92 Å². The number of rotatable bonds is 3. The Balaban J connectivity index is 2.75. The Bertz CT molecular complexity index is 262. The molecule has 0 radical (unpaired) electrons. The van der Waals surface area contributed by atoms with E-state index in [4.69, 9.17) is 5.73 Å². The number of nitrogen functional groups attached to an aromatic ring is 1. The molecule has 0 saturated carbocycles. The first kappa shape index (κ1) is 8.90. The van der Waals surface area contributed by atoms with Gasteiger partial charge in [0.1, 0.15) is 0 Å². The monoisotopic (exact) mass is 169 g/mol. The van der Waals surface area contributed by atoms with Crippen LogP contribution in [0.3, 0.4) is 0 Å². The van der Waals surface area contributed by atoms with Crippen LogP contribution < -0.4 is 5.73 Å². The van der Waals surface area contributed by atoms with Crippen molar-refractivity contribution in [3.8, 4) is 0 Å².